The minimum atomic E-state index is 0.493. The van der Waals surface area contributed by atoms with Crippen molar-refractivity contribution in [1.82, 2.24) is 14.9 Å². The lowest BCUT2D eigenvalue weighted by atomic mass is 10.1. The van der Waals surface area contributed by atoms with E-state index in [9.17, 15) is 0 Å². The normalized spacial score (nSPS) is 19.2. The zero-order valence-corrected chi connectivity index (χ0v) is 13.8. The number of likely N-dealkylation sites (tertiary alicyclic amines) is 1. The molecule has 0 spiro atoms. The van der Waals surface area contributed by atoms with Gasteiger partial charge >= 0.3 is 0 Å². The van der Waals surface area contributed by atoms with Crippen LogP contribution in [0.3, 0.4) is 0 Å². The van der Waals surface area contributed by atoms with Crippen LogP contribution in [-0.2, 0) is 0 Å². The molecule has 0 amide bonds. The Kier molecular flexibility index (Phi) is 3.84. The zero-order valence-electron chi connectivity index (χ0n) is 12.3. The van der Waals surface area contributed by atoms with Crippen LogP contribution < -0.4 is 0 Å². The average Bonchev–Trinajstić information content (AvgIpc) is 2.99. The van der Waals surface area contributed by atoms with Gasteiger partial charge in [-0.3, -0.25) is 0 Å². The first-order valence-electron chi connectivity index (χ1n) is 7.74. The number of aromatic nitrogens is 2. The molecule has 2 aromatic rings. The van der Waals surface area contributed by atoms with Crippen LogP contribution in [0.5, 0.6) is 0 Å². The number of rotatable bonds is 1. The Morgan fingerprint density at radius 1 is 1.05 bits per heavy atom. The molecule has 2 aliphatic heterocycles. The molecule has 0 aliphatic carbocycles. The summed E-state index contributed by atoms with van der Waals surface area (Å²) in [6, 6.07) is 3.80. The van der Waals surface area contributed by atoms with Gasteiger partial charge in [-0.1, -0.05) is 11.6 Å². The molecule has 0 radical (unpaired) electrons. The maximum Gasteiger partial charge on any atom is 0.172 e. The third kappa shape index (κ3) is 2.75. The monoisotopic (exact) mass is 332 g/mol. The van der Waals surface area contributed by atoms with E-state index in [1.807, 2.05) is 18.3 Å². The van der Waals surface area contributed by atoms with Crippen LogP contribution in [0.15, 0.2) is 23.3 Å². The molecule has 22 heavy (non-hydrogen) atoms. The highest BCUT2D eigenvalue weighted by Gasteiger charge is 2.19. The molecule has 0 aromatic carbocycles. The van der Waals surface area contributed by atoms with Crippen LogP contribution in [0.2, 0.25) is 5.15 Å². The van der Waals surface area contributed by atoms with E-state index in [2.05, 4.69) is 14.9 Å². The fraction of sp³-hybridized carbons (Fsp3) is 0.438. The molecule has 2 aromatic heterocycles. The van der Waals surface area contributed by atoms with Gasteiger partial charge in [-0.05, 0) is 37.8 Å². The number of thiazole rings is 1. The molecule has 0 N–H and O–H groups in total. The summed E-state index contributed by atoms with van der Waals surface area (Å²) in [6.45, 7) is 2.32. The van der Waals surface area contributed by atoms with Gasteiger partial charge in [0.2, 0.25) is 0 Å². The Morgan fingerprint density at radius 3 is 2.68 bits per heavy atom. The summed E-state index contributed by atoms with van der Waals surface area (Å²) in [6.07, 6.45) is 7.94. The number of nitrogens with zero attached hydrogens (tertiary/aromatic N) is 4. The third-order valence-corrected chi connectivity index (χ3v) is 5.50. The second-order valence-corrected chi connectivity index (χ2v) is 7.14. The first kappa shape index (κ1) is 14.2. The minimum absolute atomic E-state index is 0.493. The van der Waals surface area contributed by atoms with Gasteiger partial charge in [0.25, 0.3) is 0 Å². The fourth-order valence-electron chi connectivity index (χ4n) is 3.01. The molecular formula is C16H17ClN4S. The van der Waals surface area contributed by atoms with E-state index >= 15 is 0 Å². The van der Waals surface area contributed by atoms with Crippen LogP contribution in [0.25, 0.3) is 15.9 Å². The molecule has 0 unspecified atom stereocenters. The predicted octanol–water partition coefficient (Wildman–Crippen LogP) is 4.36. The van der Waals surface area contributed by atoms with Crippen LogP contribution in [0.4, 0.5) is 0 Å². The maximum absolute atomic E-state index is 5.93. The predicted molar refractivity (Wildman–Crippen MR) is 92.5 cm³/mol. The van der Waals surface area contributed by atoms with Gasteiger partial charge in [0, 0.05) is 31.3 Å². The van der Waals surface area contributed by atoms with Crippen LogP contribution >= 0.6 is 22.9 Å². The van der Waals surface area contributed by atoms with Gasteiger partial charge in [-0.15, -0.1) is 11.3 Å². The summed E-state index contributed by atoms with van der Waals surface area (Å²) < 4.78 is 1.08. The third-order valence-electron chi connectivity index (χ3n) is 4.20. The van der Waals surface area contributed by atoms with E-state index in [0.717, 1.165) is 41.3 Å². The average molecular weight is 333 g/mol. The van der Waals surface area contributed by atoms with Gasteiger partial charge in [0.15, 0.2) is 5.65 Å². The fourth-order valence-corrected chi connectivity index (χ4v) is 4.10. The molecular weight excluding hydrogens is 316 g/mol. The van der Waals surface area contributed by atoms with Gasteiger partial charge in [0.05, 0.1) is 4.70 Å². The molecule has 1 saturated heterocycles. The van der Waals surface area contributed by atoms with Gasteiger partial charge in [0.1, 0.15) is 16.0 Å². The highest BCUT2D eigenvalue weighted by molar-refractivity contribution is 7.19. The van der Waals surface area contributed by atoms with E-state index < -0.39 is 0 Å². The smallest absolute Gasteiger partial charge is 0.172 e. The Morgan fingerprint density at radius 2 is 1.91 bits per heavy atom. The number of piperidine rings is 1. The number of hydrogen-bond acceptors (Lipinski definition) is 5. The van der Waals surface area contributed by atoms with Crippen molar-refractivity contribution in [3.8, 4) is 0 Å². The summed E-state index contributed by atoms with van der Waals surface area (Å²) in [7, 11) is 0. The van der Waals surface area contributed by atoms with E-state index in [4.69, 9.17) is 16.6 Å². The van der Waals surface area contributed by atoms with Crippen molar-refractivity contribution in [3.05, 3.63) is 28.5 Å². The van der Waals surface area contributed by atoms with Crippen molar-refractivity contribution in [2.75, 3.05) is 13.1 Å². The number of hydrogen-bond donors (Lipinski definition) is 0. The molecule has 1 fully saturated rings. The summed E-state index contributed by atoms with van der Waals surface area (Å²) in [4.78, 5) is 16.0. The second-order valence-electron chi connectivity index (χ2n) is 5.72. The lowest BCUT2D eigenvalue weighted by molar-refractivity contribution is 0.336. The van der Waals surface area contributed by atoms with Crippen molar-refractivity contribution in [1.29, 1.82) is 0 Å². The number of allylic oxidation sites excluding steroid dienone is 1. The van der Waals surface area contributed by atoms with E-state index in [0.29, 0.717) is 5.15 Å². The highest BCUT2D eigenvalue weighted by Crippen LogP contribution is 2.31. The van der Waals surface area contributed by atoms with Crippen molar-refractivity contribution in [3.63, 3.8) is 0 Å². The Balaban J connectivity index is 1.59. The van der Waals surface area contributed by atoms with Crippen LogP contribution in [0, 0.1) is 0 Å². The van der Waals surface area contributed by atoms with Crippen LogP contribution in [-0.4, -0.2) is 33.8 Å². The largest absolute Gasteiger partial charge is 0.360 e. The molecule has 4 rings (SSSR count). The van der Waals surface area contributed by atoms with Gasteiger partial charge in [-0.2, -0.15) is 0 Å². The van der Waals surface area contributed by atoms with Crippen molar-refractivity contribution < 1.29 is 0 Å². The Labute approximate surface area is 138 Å². The minimum Gasteiger partial charge on any atom is -0.360 e. The highest BCUT2D eigenvalue weighted by atomic mass is 35.5. The van der Waals surface area contributed by atoms with Gasteiger partial charge in [-0.25, -0.2) is 15.0 Å². The van der Waals surface area contributed by atoms with Crippen molar-refractivity contribution >= 4 is 44.7 Å². The number of halogens is 1. The molecule has 0 bridgehead atoms. The summed E-state index contributed by atoms with van der Waals surface area (Å²) >= 11 is 7.60. The Bertz CT molecular complexity index is 759. The topological polar surface area (TPSA) is 41.4 Å². The summed E-state index contributed by atoms with van der Waals surface area (Å²) in [5, 5.41) is 1.51. The molecule has 114 valence electrons. The molecule has 6 heteroatoms. The van der Waals surface area contributed by atoms with E-state index in [1.54, 1.807) is 11.3 Å². The second kappa shape index (κ2) is 5.97. The lowest BCUT2D eigenvalue weighted by Gasteiger charge is -2.31. The number of fused-ring (bicyclic) bond motifs is 1. The number of aliphatic imine (C=N–C) groups is 1. The number of amidine groups is 1. The Hall–Kier alpha value is -1.46. The standard InChI is InChI=1S/C16H17ClN4S/c17-13-6-5-12-15(19-13)20-16(22-12)11-4-7-14(18-10-11)21-8-2-1-3-9-21/h5-6,10H,1-4,7-9H2. The molecule has 0 atom stereocenters. The quantitative estimate of drug-likeness (QED) is 0.728. The first-order valence-corrected chi connectivity index (χ1v) is 8.93. The molecule has 4 nitrogen and oxygen atoms in total. The zero-order chi connectivity index (χ0) is 14.9. The summed E-state index contributed by atoms with van der Waals surface area (Å²) in [5.41, 5.74) is 1.94. The molecule has 0 saturated carbocycles. The lowest BCUT2D eigenvalue weighted by Crippen LogP contribution is -2.36. The number of pyridine rings is 1. The molecule has 4 heterocycles. The van der Waals surface area contributed by atoms with Crippen molar-refractivity contribution in [2.24, 2.45) is 4.99 Å². The SMILES string of the molecule is Clc1ccc2sc(C3=CN=C(N4CCCCC4)CC3)nc2n1. The van der Waals surface area contributed by atoms with Crippen LogP contribution in [0.1, 0.15) is 37.1 Å². The van der Waals surface area contributed by atoms with E-state index in [-0.39, 0.29) is 0 Å². The molecule has 2 aliphatic rings. The maximum atomic E-state index is 5.93. The van der Waals surface area contributed by atoms with Crippen molar-refractivity contribution in [2.45, 2.75) is 32.1 Å². The van der Waals surface area contributed by atoms with Gasteiger partial charge < -0.3 is 4.90 Å². The summed E-state index contributed by atoms with van der Waals surface area (Å²) in [5.74, 6) is 1.24. The van der Waals surface area contributed by atoms with E-state index in [1.165, 1.54) is 30.7 Å². The first-order chi connectivity index (χ1) is 10.8.